The van der Waals surface area contributed by atoms with E-state index in [2.05, 4.69) is 130 Å². The van der Waals surface area contributed by atoms with E-state index in [4.69, 9.17) is 14.4 Å². The number of aliphatic imine (C=N–C) groups is 2. The van der Waals surface area contributed by atoms with Gasteiger partial charge in [0.2, 0.25) is 0 Å². The maximum Gasteiger partial charge on any atom is 0.156 e. The van der Waals surface area contributed by atoms with Gasteiger partial charge in [0.05, 0.1) is 22.8 Å². The Morgan fingerprint density at radius 3 is 1.08 bits per heavy atom. The summed E-state index contributed by atoms with van der Waals surface area (Å²) in [5, 5.41) is 2.13. The lowest BCUT2D eigenvalue weighted by atomic mass is 9.93. The largest absolute Gasteiger partial charge is 0.452 e. The summed E-state index contributed by atoms with van der Waals surface area (Å²) in [5.41, 5.74) is 8.96. The first kappa shape index (κ1) is 28.5. The molecule has 39 heavy (non-hydrogen) atoms. The molecule has 0 bridgehead atoms. The molecule has 0 aliphatic carbocycles. The summed E-state index contributed by atoms with van der Waals surface area (Å²) in [6.07, 6.45) is 0. The number of hydrogen-bond acceptors (Lipinski definition) is 3. The van der Waals surface area contributed by atoms with Crippen LogP contribution >= 0.6 is 0 Å². The molecule has 0 spiro atoms. The van der Waals surface area contributed by atoms with Crippen molar-refractivity contribution in [2.75, 3.05) is 0 Å². The predicted octanol–water partition coefficient (Wildman–Crippen LogP) is 11.2. The zero-order valence-electron chi connectivity index (χ0n) is 25.4. The van der Waals surface area contributed by atoms with Gasteiger partial charge in [-0.25, -0.2) is 9.98 Å². The number of hydrogen-bond donors (Lipinski definition) is 0. The second-order valence-electron chi connectivity index (χ2n) is 11.9. The lowest BCUT2D eigenvalue weighted by Gasteiger charge is -2.17. The Kier molecular flexibility index (Phi) is 8.59. The fourth-order valence-corrected chi connectivity index (χ4v) is 5.35. The van der Waals surface area contributed by atoms with Crippen LogP contribution in [0.3, 0.4) is 0 Å². The van der Waals surface area contributed by atoms with Crippen LogP contribution in [0.15, 0.2) is 75.1 Å². The summed E-state index contributed by atoms with van der Waals surface area (Å²) in [7, 11) is 0. The van der Waals surface area contributed by atoms with Crippen LogP contribution in [0.5, 0.6) is 0 Å². The summed E-state index contributed by atoms with van der Waals surface area (Å²) >= 11 is 0. The van der Waals surface area contributed by atoms with E-state index < -0.39 is 0 Å². The van der Waals surface area contributed by atoms with Crippen molar-refractivity contribution in [1.82, 2.24) is 0 Å². The van der Waals surface area contributed by atoms with Crippen molar-refractivity contribution in [3.63, 3.8) is 0 Å². The lowest BCUT2D eigenvalue weighted by Crippen LogP contribution is -2.00. The van der Waals surface area contributed by atoms with Gasteiger partial charge in [-0.15, -0.1) is 0 Å². The summed E-state index contributed by atoms with van der Waals surface area (Å²) < 4.78 is 6.67. The molecule has 4 aromatic rings. The minimum absolute atomic E-state index is 0.379. The third-order valence-corrected chi connectivity index (χ3v) is 7.52. The molecule has 3 aromatic carbocycles. The highest BCUT2D eigenvalue weighted by atomic mass is 16.3. The molecule has 0 N–H and O–H groups in total. The Bertz CT molecular complexity index is 1360. The standard InChI is InChI=1S/C36H44N2O/c1-21(2)27-17-13-18-28(22(3)4)33(27)37-25(9)35-31-15-11-12-16-32(31)36(39-35)26(10)38-34-29(23(5)6)19-14-20-30(34)24(7)8/h11-24H,1-10H3. The first-order valence-corrected chi connectivity index (χ1v) is 14.4. The van der Waals surface area contributed by atoms with Crippen molar-refractivity contribution in [2.45, 2.75) is 92.9 Å². The topological polar surface area (TPSA) is 37.9 Å². The molecule has 204 valence electrons. The van der Waals surface area contributed by atoms with Crippen LogP contribution in [0.4, 0.5) is 11.4 Å². The maximum atomic E-state index is 6.67. The van der Waals surface area contributed by atoms with Crippen LogP contribution in [-0.2, 0) is 0 Å². The van der Waals surface area contributed by atoms with Crippen LogP contribution < -0.4 is 0 Å². The van der Waals surface area contributed by atoms with Crippen molar-refractivity contribution < 1.29 is 4.42 Å². The first-order valence-electron chi connectivity index (χ1n) is 14.4. The van der Waals surface area contributed by atoms with Gasteiger partial charge in [0.1, 0.15) is 0 Å². The van der Waals surface area contributed by atoms with Gasteiger partial charge in [-0.1, -0.05) is 116 Å². The van der Waals surface area contributed by atoms with Gasteiger partial charge >= 0.3 is 0 Å². The summed E-state index contributed by atoms with van der Waals surface area (Å²) in [4.78, 5) is 10.5. The molecule has 0 unspecified atom stereocenters. The van der Waals surface area contributed by atoms with E-state index in [1.165, 1.54) is 22.3 Å². The van der Waals surface area contributed by atoms with E-state index in [9.17, 15) is 0 Å². The molecule has 3 heteroatoms. The Balaban J connectivity index is 1.91. The highest BCUT2D eigenvalue weighted by molar-refractivity contribution is 6.15. The Morgan fingerprint density at radius 2 is 0.795 bits per heavy atom. The minimum Gasteiger partial charge on any atom is -0.452 e. The average Bonchev–Trinajstić information content (AvgIpc) is 3.28. The molecule has 1 heterocycles. The fourth-order valence-electron chi connectivity index (χ4n) is 5.35. The highest BCUT2D eigenvalue weighted by Gasteiger charge is 2.21. The molecule has 0 fully saturated rings. The quantitative estimate of drug-likeness (QED) is 0.213. The van der Waals surface area contributed by atoms with Crippen molar-refractivity contribution >= 4 is 33.6 Å². The molecule has 0 aliphatic heterocycles. The normalized spacial score (nSPS) is 13.1. The fraction of sp³-hybridized carbons (Fsp3) is 0.389. The zero-order valence-corrected chi connectivity index (χ0v) is 25.4. The second-order valence-corrected chi connectivity index (χ2v) is 11.9. The monoisotopic (exact) mass is 520 g/mol. The Hall–Kier alpha value is -3.46. The summed E-state index contributed by atoms with van der Waals surface area (Å²) in [5.74, 6) is 3.14. The van der Waals surface area contributed by atoms with E-state index in [-0.39, 0.29) is 0 Å². The van der Waals surface area contributed by atoms with Crippen LogP contribution in [0, 0.1) is 0 Å². The number of rotatable bonds is 8. The number of furan rings is 1. The van der Waals surface area contributed by atoms with Crippen molar-refractivity contribution in [1.29, 1.82) is 0 Å². The zero-order chi connectivity index (χ0) is 28.4. The number of nitrogens with zero attached hydrogens (tertiary/aromatic N) is 2. The molecule has 0 saturated carbocycles. The lowest BCUT2D eigenvalue weighted by molar-refractivity contribution is 0.553. The molecule has 0 aliphatic rings. The van der Waals surface area contributed by atoms with Gasteiger partial charge in [0.15, 0.2) is 11.5 Å². The molecule has 0 atom stereocenters. The van der Waals surface area contributed by atoms with Crippen LogP contribution in [-0.4, -0.2) is 11.4 Å². The number of fused-ring (bicyclic) bond motifs is 1. The molecule has 0 saturated heterocycles. The first-order chi connectivity index (χ1) is 18.5. The Labute approximate surface area is 235 Å². The molecule has 1 aromatic heterocycles. The molecule has 0 radical (unpaired) electrons. The van der Waals surface area contributed by atoms with E-state index in [0.717, 1.165) is 45.1 Å². The molecular weight excluding hydrogens is 476 g/mol. The van der Waals surface area contributed by atoms with E-state index in [1.54, 1.807) is 0 Å². The summed E-state index contributed by atoms with van der Waals surface area (Å²) in [6, 6.07) is 21.5. The second kappa shape index (κ2) is 11.7. The molecule has 3 nitrogen and oxygen atoms in total. The summed E-state index contributed by atoms with van der Waals surface area (Å²) in [6.45, 7) is 22.0. The molecule has 0 amide bonds. The van der Waals surface area contributed by atoms with Crippen molar-refractivity contribution in [3.8, 4) is 0 Å². The highest BCUT2D eigenvalue weighted by Crippen LogP contribution is 2.38. The van der Waals surface area contributed by atoms with E-state index in [0.29, 0.717) is 23.7 Å². The van der Waals surface area contributed by atoms with Gasteiger partial charge in [-0.05, 0) is 59.8 Å². The number of para-hydroxylation sites is 2. The Morgan fingerprint density at radius 1 is 0.487 bits per heavy atom. The van der Waals surface area contributed by atoms with Gasteiger partial charge < -0.3 is 4.42 Å². The number of benzene rings is 3. The predicted molar refractivity (Wildman–Crippen MR) is 169 cm³/mol. The van der Waals surface area contributed by atoms with Crippen LogP contribution in [0.2, 0.25) is 0 Å². The van der Waals surface area contributed by atoms with Gasteiger partial charge in [0.25, 0.3) is 0 Å². The smallest absolute Gasteiger partial charge is 0.156 e. The van der Waals surface area contributed by atoms with E-state index in [1.807, 2.05) is 0 Å². The maximum absolute atomic E-state index is 6.67. The van der Waals surface area contributed by atoms with E-state index >= 15 is 0 Å². The molecule has 4 rings (SSSR count). The van der Waals surface area contributed by atoms with Gasteiger partial charge in [-0.3, -0.25) is 0 Å². The third kappa shape index (κ3) is 5.78. The third-order valence-electron chi connectivity index (χ3n) is 7.52. The van der Waals surface area contributed by atoms with Gasteiger partial charge in [-0.2, -0.15) is 0 Å². The average molecular weight is 521 g/mol. The van der Waals surface area contributed by atoms with Gasteiger partial charge in [0, 0.05) is 10.8 Å². The van der Waals surface area contributed by atoms with Crippen molar-refractivity contribution in [2.24, 2.45) is 9.98 Å². The SMILES string of the molecule is CC(=Nc1c(C(C)C)cccc1C(C)C)c1oc(C(C)=Nc2c(C(C)C)cccc2C(C)C)c2ccccc12. The molecular formula is C36H44N2O. The van der Waals surface area contributed by atoms with Crippen molar-refractivity contribution in [3.05, 3.63) is 94.4 Å². The van der Waals surface area contributed by atoms with Crippen LogP contribution in [0.1, 0.15) is 127 Å². The van der Waals surface area contributed by atoms with Crippen LogP contribution in [0.25, 0.3) is 10.8 Å². The minimum atomic E-state index is 0.379.